The van der Waals surface area contributed by atoms with Gasteiger partial charge in [0.25, 0.3) is 0 Å². The Bertz CT molecular complexity index is 1360. The number of phosphoric ester groups is 1. The van der Waals surface area contributed by atoms with E-state index in [1.165, 1.54) is 44.9 Å². The number of rotatable bonds is 42. The van der Waals surface area contributed by atoms with Crippen LogP contribution in [0.25, 0.3) is 0 Å². The minimum atomic E-state index is -4.44. The fourth-order valence-corrected chi connectivity index (χ4v) is 6.45. The topological polar surface area (TPSA) is 131 Å². The summed E-state index contributed by atoms with van der Waals surface area (Å²) in [7, 11) is -4.44. The Kier molecular flexibility index (Phi) is 43.7. The SMILES string of the molecule is CC/C=C\C/C=C\C/C=C\C/C=C\C/C=C\CCCCCCCCCC(=O)NCCOP(=O)(O)OCC(O)COC(=O)CCC/C=C\C/C=C\C/C=C\C/C=C\CCCCC. The van der Waals surface area contributed by atoms with Crippen molar-refractivity contribution >= 4 is 19.7 Å². The van der Waals surface area contributed by atoms with E-state index in [1.54, 1.807) is 0 Å². The number of carbonyl (C=O) groups is 2. The molecule has 0 saturated carbocycles. The lowest BCUT2D eigenvalue weighted by Crippen LogP contribution is -2.27. The highest BCUT2D eigenvalue weighted by Crippen LogP contribution is 2.42. The van der Waals surface area contributed by atoms with Gasteiger partial charge in [0.2, 0.25) is 5.91 Å². The molecule has 346 valence electrons. The predicted octanol–water partition coefficient (Wildman–Crippen LogP) is 13.5. The summed E-state index contributed by atoms with van der Waals surface area (Å²) < 4.78 is 26.9. The first-order chi connectivity index (χ1) is 29.8. The Balaban J connectivity index is 3.70. The summed E-state index contributed by atoms with van der Waals surface area (Å²) >= 11 is 0. The zero-order valence-corrected chi connectivity index (χ0v) is 39.0. The molecule has 0 aromatic rings. The molecule has 0 saturated heterocycles. The normalized spacial score (nSPS) is 14.2. The molecule has 0 aromatic heterocycles. The number of hydrogen-bond donors (Lipinski definition) is 3. The van der Waals surface area contributed by atoms with Gasteiger partial charge < -0.3 is 20.1 Å². The highest BCUT2D eigenvalue weighted by Gasteiger charge is 2.23. The van der Waals surface area contributed by atoms with Gasteiger partial charge in [0.05, 0.1) is 13.2 Å². The smallest absolute Gasteiger partial charge is 0.463 e. The Hall–Kier alpha value is -3.33. The second-order valence-corrected chi connectivity index (χ2v) is 16.4. The Morgan fingerprint density at radius 3 is 1.44 bits per heavy atom. The number of esters is 1. The van der Waals surface area contributed by atoms with Gasteiger partial charge in [-0.05, 0) is 96.3 Å². The maximum atomic E-state index is 12.1. The molecule has 1 amide bonds. The fraction of sp³-hybridized carbons (Fsp3) is 0.608. The van der Waals surface area contributed by atoms with Gasteiger partial charge in [0.1, 0.15) is 12.7 Å². The molecular weight excluding hydrogens is 786 g/mol. The summed E-state index contributed by atoms with van der Waals surface area (Å²) in [6, 6.07) is 0. The van der Waals surface area contributed by atoms with Crippen LogP contribution in [0.5, 0.6) is 0 Å². The standard InChI is InChI=1S/C51H84NO8P/c1-3-5-7-9-11-13-15-17-19-21-22-23-24-25-26-28-29-31-33-35-37-39-41-43-50(54)52-45-46-59-61(56,57)60-48-49(53)47-58-51(55)44-42-40-38-36-34-32-30-27-20-18-16-14-12-10-8-6-4-2/h5,7,11-14,17-20,22-23,25-26,30,32,36,38,49,53H,3-4,6,8-10,15-16,21,24,27-29,31,33-35,37,39-48H2,1-2H3,(H,52,54)(H,56,57)/b7-5-,13-11-,14-12-,19-17-,20-18-,23-22-,26-25-,32-30-,38-36-. The van der Waals surface area contributed by atoms with Crippen LogP contribution >= 0.6 is 7.82 Å². The van der Waals surface area contributed by atoms with Crippen molar-refractivity contribution in [2.45, 2.75) is 174 Å². The molecule has 0 rings (SSSR count). The summed E-state index contributed by atoms with van der Waals surface area (Å²) in [6.45, 7) is 3.31. The van der Waals surface area contributed by atoms with E-state index in [-0.39, 0.29) is 32.1 Å². The summed E-state index contributed by atoms with van der Waals surface area (Å²) in [6.07, 6.45) is 61.7. The van der Waals surface area contributed by atoms with Crippen molar-refractivity contribution in [3.63, 3.8) is 0 Å². The fourth-order valence-electron chi connectivity index (χ4n) is 5.69. The van der Waals surface area contributed by atoms with Gasteiger partial charge in [0.15, 0.2) is 0 Å². The highest BCUT2D eigenvalue weighted by molar-refractivity contribution is 7.47. The number of aliphatic hydroxyl groups excluding tert-OH is 1. The van der Waals surface area contributed by atoms with E-state index in [0.29, 0.717) is 12.8 Å². The third-order valence-electron chi connectivity index (χ3n) is 9.19. The van der Waals surface area contributed by atoms with E-state index >= 15 is 0 Å². The molecule has 0 spiro atoms. The number of carbonyl (C=O) groups excluding carboxylic acids is 2. The molecule has 0 heterocycles. The van der Waals surface area contributed by atoms with E-state index in [9.17, 15) is 24.2 Å². The number of unbranched alkanes of at least 4 members (excludes halogenated alkanes) is 11. The molecular formula is C51H84NO8P. The van der Waals surface area contributed by atoms with Crippen molar-refractivity contribution < 1.29 is 37.9 Å². The van der Waals surface area contributed by atoms with Crippen LogP contribution in [0.2, 0.25) is 0 Å². The van der Waals surface area contributed by atoms with E-state index in [2.05, 4.69) is 122 Å². The lowest BCUT2D eigenvalue weighted by molar-refractivity contribution is -0.147. The number of aliphatic hydroxyl groups is 1. The third kappa shape index (κ3) is 47.6. The van der Waals surface area contributed by atoms with Gasteiger partial charge >= 0.3 is 13.8 Å². The maximum absolute atomic E-state index is 12.1. The number of ether oxygens (including phenoxy) is 1. The average Bonchev–Trinajstić information content (AvgIpc) is 3.25. The van der Waals surface area contributed by atoms with E-state index in [4.69, 9.17) is 13.8 Å². The van der Waals surface area contributed by atoms with Crippen molar-refractivity contribution in [1.29, 1.82) is 0 Å². The van der Waals surface area contributed by atoms with Gasteiger partial charge in [0, 0.05) is 19.4 Å². The van der Waals surface area contributed by atoms with E-state index in [0.717, 1.165) is 89.9 Å². The van der Waals surface area contributed by atoms with Gasteiger partial charge in [-0.15, -0.1) is 0 Å². The summed E-state index contributed by atoms with van der Waals surface area (Å²) in [5.74, 6) is -0.594. The van der Waals surface area contributed by atoms with Crippen molar-refractivity contribution in [3.8, 4) is 0 Å². The largest absolute Gasteiger partial charge is 0.472 e. The second kappa shape index (κ2) is 46.2. The minimum Gasteiger partial charge on any atom is -0.463 e. The van der Waals surface area contributed by atoms with Gasteiger partial charge in [-0.3, -0.25) is 18.6 Å². The maximum Gasteiger partial charge on any atom is 0.472 e. The molecule has 0 aliphatic heterocycles. The molecule has 61 heavy (non-hydrogen) atoms. The van der Waals surface area contributed by atoms with Crippen LogP contribution in [0.3, 0.4) is 0 Å². The molecule has 0 bridgehead atoms. The van der Waals surface area contributed by atoms with Crippen LogP contribution in [0.4, 0.5) is 0 Å². The Labute approximate surface area is 371 Å². The minimum absolute atomic E-state index is 0.0614. The molecule has 3 N–H and O–H groups in total. The molecule has 0 aliphatic carbocycles. The molecule has 0 aromatic carbocycles. The van der Waals surface area contributed by atoms with Gasteiger partial charge in [-0.2, -0.15) is 0 Å². The molecule has 9 nitrogen and oxygen atoms in total. The van der Waals surface area contributed by atoms with E-state index < -0.39 is 26.5 Å². The van der Waals surface area contributed by atoms with Crippen molar-refractivity contribution in [2.75, 3.05) is 26.4 Å². The van der Waals surface area contributed by atoms with Crippen LogP contribution in [0.15, 0.2) is 109 Å². The van der Waals surface area contributed by atoms with Crippen molar-refractivity contribution in [1.82, 2.24) is 5.32 Å². The first kappa shape index (κ1) is 57.7. The highest BCUT2D eigenvalue weighted by atomic mass is 31.2. The summed E-state index contributed by atoms with van der Waals surface area (Å²) in [4.78, 5) is 34.0. The first-order valence-electron chi connectivity index (χ1n) is 23.4. The summed E-state index contributed by atoms with van der Waals surface area (Å²) in [5, 5.41) is 12.7. The number of hydrogen-bond acceptors (Lipinski definition) is 7. The molecule has 0 radical (unpaired) electrons. The summed E-state index contributed by atoms with van der Waals surface area (Å²) in [5.41, 5.74) is 0. The van der Waals surface area contributed by atoms with Crippen LogP contribution in [0.1, 0.15) is 168 Å². The first-order valence-corrected chi connectivity index (χ1v) is 24.9. The van der Waals surface area contributed by atoms with Crippen LogP contribution in [0, 0.1) is 0 Å². The number of nitrogens with one attached hydrogen (secondary N) is 1. The number of allylic oxidation sites excluding steroid dienone is 18. The Morgan fingerprint density at radius 1 is 0.525 bits per heavy atom. The van der Waals surface area contributed by atoms with Gasteiger partial charge in [-0.1, -0.05) is 168 Å². The lowest BCUT2D eigenvalue weighted by atomic mass is 10.1. The number of phosphoric acid groups is 1. The van der Waals surface area contributed by atoms with Crippen LogP contribution in [-0.4, -0.2) is 54.3 Å². The predicted molar refractivity (Wildman–Crippen MR) is 256 cm³/mol. The quantitative estimate of drug-likeness (QED) is 0.0239. The zero-order valence-electron chi connectivity index (χ0n) is 38.1. The molecule has 10 heteroatoms. The molecule has 0 aliphatic rings. The van der Waals surface area contributed by atoms with Crippen LogP contribution in [-0.2, 0) is 27.9 Å². The van der Waals surface area contributed by atoms with Gasteiger partial charge in [-0.25, -0.2) is 4.57 Å². The van der Waals surface area contributed by atoms with Crippen molar-refractivity contribution in [3.05, 3.63) is 109 Å². The molecule has 2 atom stereocenters. The lowest BCUT2D eigenvalue weighted by Gasteiger charge is -2.15. The monoisotopic (exact) mass is 870 g/mol. The second-order valence-electron chi connectivity index (χ2n) is 15.0. The van der Waals surface area contributed by atoms with Crippen molar-refractivity contribution in [2.24, 2.45) is 0 Å². The van der Waals surface area contributed by atoms with Crippen LogP contribution < -0.4 is 5.32 Å². The third-order valence-corrected chi connectivity index (χ3v) is 10.2. The Morgan fingerprint density at radius 2 is 0.951 bits per heavy atom. The number of amides is 1. The zero-order chi connectivity index (χ0) is 44.6. The average molecular weight is 870 g/mol. The molecule has 0 fully saturated rings. The van der Waals surface area contributed by atoms with E-state index in [1.807, 2.05) is 6.08 Å². The molecule has 2 unspecified atom stereocenters.